The second kappa shape index (κ2) is 6.83. The Morgan fingerprint density at radius 2 is 1.52 bits per heavy atom. The fourth-order valence-electron chi connectivity index (χ4n) is 2.62. The molecule has 0 unspecified atom stereocenters. The first-order chi connectivity index (χ1) is 12.3. The van der Waals surface area contributed by atoms with E-state index in [4.69, 9.17) is 16.0 Å². The van der Waals surface area contributed by atoms with Crippen molar-refractivity contribution in [1.29, 1.82) is 0 Å². The van der Waals surface area contributed by atoms with E-state index in [1.807, 2.05) is 84.9 Å². The standard InChI is InChI=1S/C21H15ClN2O/c22-16-11-12-20-18(13-16)19(24-23-17-9-5-2-6-10-17)14-21(25-20)15-7-3-1-4-8-15/h1-14,23H/b24-19+. The van der Waals surface area contributed by atoms with Crippen molar-refractivity contribution in [2.45, 2.75) is 0 Å². The molecule has 0 spiro atoms. The van der Waals surface area contributed by atoms with E-state index in [0.29, 0.717) is 5.02 Å². The Kier molecular flexibility index (Phi) is 4.23. The van der Waals surface area contributed by atoms with Gasteiger partial charge in [0.25, 0.3) is 0 Å². The summed E-state index contributed by atoms with van der Waals surface area (Å²) in [6.45, 7) is 0. The highest BCUT2D eigenvalue weighted by Crippen LogP contribution is 2.23. The fraction of sp³-hybridized carbons (Fsp3) is 0. The molecular formula is C21H15ClN2O. The molecule has 3 nitrogen and oxygen atoms in total. The van der Waals surface area contributed by atoms with Crippen LogP contribution in [-0.4, -0.2) is 0 Å². The topological polar surface area (TPSA) is 37.5 Å². The van der Waals surface area contributed by atoms with Crippen molar-refractivity contribution in [1.82, 2.24) is 0 Å². The van der Waals surface area contributed by atoms with E-state index < -0.39 is 0 Å². The number of rotatable bonds is 3. The van der Waals surface area contributed by atoms with Crippen molar-refractivity contribution in [3.8, 4) is 11.3 Å². The number of anilines is 1. The maximum atomic E-state index is 6.16. The highest BCUT2D eigenvalue weighted by Gasteiger charge is 2.06. The molecule has 0 aliphatic carbocycles. The summed E-state index contributed by atoms with van der Waals surface area (Å²) in [4.78, 5) is 0. The third-order valence-corrected chi connectivity index (χ3v) is 4.08. The second-order valence-electron chi connectivity index (χ2n) is 5.59. The molecule has 122 valence electrons. The first-order valence-corrected chi connectivity index (χ1v) is 8.31. The molecule has 3 aromatic carbocycles. The average molecular weight is 347 g/mol. The smallest absolute Gasteiger partial charge is 0.137 e. The lowest BCUT2D eigenvalue weighted by Crippen LogP contribution is -2.07. The summed E-state index contributed by atoms with van der Waals surface area (Å²) in [5, 5.41) is 6.83. The molecule has 0 aliphatic heterocycles. The Morgan fingerprint density at radius 1 is 0.800 bits per heavy atom. The van der Waals surface area contributed by atoms with E-state index in [1.165, 1.54) is 0 Å². The summed E-state index contributed by atoms with van der Waals surface area (Å²) in [6, 6.07) is 27.2. The Labute approximate surface area is 150 Å². The van der Waals surface area contributed by atoms with Crippen molar-refractivity contribution >= 4 is 28.3 Å². The minimum absolute atomic E-state index is 0.645. The normalized spacial score (nSPS) is 11.6. The van der Waals surface area contributed by atoms with E-state index in [1.54, 1.807) is 0 Å². The van der Waals surface area contributed by atoms with Gasteiger partial charge >= 0.3 is 0 Å². The van der Waals surface area contributed by atoms with Gasteiger partial charge in [0.2, 0.25) is 0 Å². The van der Waals surface area contributed by atoms with Gasteiger partial charge in [-0.1, -0.05) is 60.1 Å². The van der Waals surface area contributed by atoms with Gasteiger partial charge in [-0.05, 0) is 30.3 Å². The first kappa shape index (κ1) is 15.5. The number of para-hydroxylation sites is 1. The van der Waals surface area contributed by atoms with Crippen LogP contribution in [0.15, 0.2) is 94.4 Å². The van der Waals surface area contributed by atoms with Crippen molar-refractivity contribution in [2.75, 3.05) is 5.43 Å². The van der Waals surface area contributed by atoms with E-state index in [2.05, 4.69) is 10.5 Å². The third-order valence-electron chi connectivity index (χ3n) is 3.84. The van der Waals surface area contributed by atoms with Crippen molar-refractivity contribution in [2.24, 2.45) is 5.10 Å². The Balaban J connectivity index is 1.89. The van der Waals surface area contributed by atoms with Crippen LogP contribution in [0.3, 0.4) is 0 Å². The molecule has 25 heavy (non-hydrogen) atoms. The third kappa shape index (κ3) is 3.42. The number of fused-ring (bicyclic) bond motifs is 1. The highest BCUT2D eigenvalue weighted by atomic mass is 35.5. The Morgan fingerprint density at radius 3 is 2.28 bits per heavy atom. The monoisotopic (exact) mass is 346 g/mol. The van der Waals surface area contributed by atoms with Crippen LogP contribution in [0.1, 0.15) is 0 Å². The molecule has 1 aromatic heterocycles. The summed E-state index contributed by atoms with van der Waals surface area (Å²) < 4.78 is 6.05. The van der Waals surface area contributed by atoms with E-state index in [0.717, 1.165) is 33.3 Å². The van der Waals surface area contributed by atoms with Gasteiger partial charge in [-0.3, -0.25) is 5.43 Å². The summed E-state index contributed by atoms with van der Waals surface area (Å²) in [5.74, 6) is 0.754. The SMILES string of the molecule is Clc1ccc2oc(-c3ccccc3)c/c(=N\Nc3ccccc3)c2c1. The Hall–Kier alpha value is -3.04. The molecule has 0 atom stereocenters. The van der Waals surface area contributed by atoms with Gasteiger partial charge in [0.05, 0.1) is 11.0 Å². The predicted molar refractivity (Wildman–Crippen MR) is 102 cm³/mol. The van der Waals surface area contributed by atoms with Gasteiger partial charge in [-0.2, -0.15) is 5.10 Å². The lowest BCUT2D eigenvalue weighted by atomic mass is 10.1. The molecule has 4 heteroatoms. The van der Waals surface area contributed by atoms with Crippen LogP contribution in [0.25, 0.3) is 22.3 Å². The van der Waals surface area contributed by atoms with Crippen LogP contribution in [0, 0.1) is 0 Å². The second-order valence-corrected chi connectivity index (χ2v) is 6.03. The zero-order valence-electron chi connectivity index (χ0n) is 13.3. The molecule has 0 saturated carbocycles. The van der Waals surface area contributed by atoms with Crippen LogP contribution in [0.4, 0.5) is 5.69 Å². The first-order valence-electron chi connectivity index (χ1n) is 7.93. The molecule has 0 radical (unpaired) electrons. The molecule has 1 N–H and O–H groups in total. The average Bonchev–Trinajstić information content (AvgIpc) is 2.67. The van der Waals surface area contributed by atoms with E-state index in [-0.39, 0.29) is 0 Å². The van der Waals surface area contributed by atoms with Gasteiger partial charge < -0.3 is 4.42 Å². The van der Waals surface area contributed by atoms with Gasteiger partial charge in [0, 0.05) is 22.0 Å². The van der Waals surface area contributed by atoms with Gasteiger partial charge in [0.1, 0.15) is 11.3 Å². The zero-order valence-corrected chi connectivity index (χ0v) is 14.1. The van der Waals surface area contributed by atoms with Gasteiger partial charge in [-0.25, -0.2) is 0 Å². The molecule has 4 rings (SSSR count). The Bertz CT molecular complexity index is 1070. The van der Waals surface area contributed by atoms with Crippen molar-refractivity contribution in [3.05, 3.63) is 95.3 Å². The molecule has 0 bridgehead atoms. The largest absolute Gasteiger partial charge is 0.456 e. The van der Waals surface area contributed by atoms with Crippen LogP contribution in [-0.2, 0) is 0 Å². The van der Waals surface area contributed by atoms with Gasteiger partial charge in [-0.15, -0.1) is 0 Å². The van der Waals surface area contributed by atoms with Crippen molar-refractivity contribution < 1.29 is 4.42 Å². The van der Waals surface area contributed by atoms with E-state index in [9.17, 15) is 0 Å². The van der Waals surface area contributed by atoms with E-state index >= 15 is 0 Å². The lowest BCUT2D eigenvalue weighted by Gasteiger charge is -2.06. The minimum atomic E-state index is 0.645. The number of nitrogens with one attached hydrogen (secondary N) is 1. The molecule has 0 saturated heterocycles. The number of hydrogen-bond donors (Lipinski definition) is 1. The molecule has 4 aromatic rings. The minimum Gasteiger partial charge on any atom is -0.456 e. The molecule has 0 fully saturated rings. The molecular weight excluding hydrogens is 332 g/mol. The fourth-order valence-corrected chi connectivity index (χ4v) is 2.79. The molecule has 1 heterocycles. The quantitative estimate of drug-likeness (QED) is 0.484. The number of halogens is 1. The maximum Gasteiger partial charge on any atom is 0.137 e. The van der Waals surface area contributed by atoms with Crippen LogP contribution in [0.5, 0.6) is 0 Å². The molecule has 0 aliphatic rings. The number of nitrogens with zero attached hydrogens (tertiary/aromatic N) is 1. The summed E-state index contributed by atoms with van der Waals surface area (Å²) in [7, 11) is 0. The van der Waals surface area contributed by atoms with Crippen LogP contribution >= 0.6 is 11.6 Å². The zero-order chi connectivity index (χ0) is 17.1. The van der Waals surface area contributed by atoms with Crippen LogP contribution in [0.2, 0.25) is 5.02 Å². The summed E-state index contributed by atoms with van der Waals surface area (Å²) >= 11 is 6.16. The summed E-state index contributed by atoms with van der Waals surface area (Å²) in [5.41, 5.74) is 5.74. The summed E-state index contributed by atoms with van der Waals surface area (Å²) in [6.07, 6.45) is 0. The van der Waals surface area contributed by atoms with Crippen molar-refractivity contribution in [3.63, 3.8) is 0 Å². The maximum absolute atomic E-state index is 6.16. The van der Waals surface area contributed by atoms with Crippen LogP contribution < -0.4 is 10.8 Å². The lowest BCUT2D eigenvalue weighted by molar-refractivity contribution is 0.618. The highest BCUT2D eigenvalue weighted by molar-refractivity contribution is 6.31. The van der Waals surface area contributed by atoms with Gasteiger partial charge in [0.15, 0.2) is 0 Å². The number of benzene rings is 3. The number of hydrogen-bond acceptors (Lipinski definition) is 3. The molecule has 0 amide bonds. The predicted octanol–water partition coefficient (Wildman–Crippen LogP) is 5.68.